The summed E-state index contributed by atoms with van der Waals surface area (Å²) in [6.45, 7) is 0. The van der Waals surface area contributed by atoms with Gasteiger partial charge in [-0.15, -0.1) is 0 Å². The van der Waals surface area contributed by atoms with Gasteiger partial charge in [-0.25, -0.2) is 8.42 Å². The van der Waals surface area contributed by atoms with Crippen molar-refractivity contribution in [2.24, 2.45) is 0 Å². The van der Waals surface area contributed by atoms with Gasteiger partial charge >= 0.3 is 5.97 Å². The van der Waals surface area contributed by atoms with Crippen molar-refractivity contribution in [3.63, 3.8) is 0 Å². The number of aliphatic carboxylic acids is 1. The predicted octanol–water partition coefficient (Wildman–Crippen LogP) is 2.90. The molecule has 17 heavy (non-hydrogen) atoms. The van der Waals surface area contributed by atoms with Gasteiger partial charge in [-0.1, -0.05) is 44.0 Å². The third-order valence-corrected chi connectivity index (χ3v) is 6.03. The Hall–Kier alpha value is -0.110. The van der Waals surface area contributed by atoms with Gasteiger partial charge in [-0.2, -0.15) is 0 Å². The van der Waals surface area contributed by atoms with Crippen molar-refractivity contribution in [2.45, 2.75) is 14.5 Å². The summed E-state index contributed by atoms with van der Waals surface area (Å²) >= 11 is 6.23. The van der Waals surface area contributed by atoms with Gasteiger partial charge in [0.15, 0.2) is 0 Å². The molecule has 0 aliphatic heterocycles. The van der Waals surface area contributed by atoms with Gasteiger partial charge in [0.25, 0.3) is 9.05 Å². The molecule has 0 aliphatic rings. The quantitative estimate of drug-likeness (QED) is 0.617. The highest BCUT2D eigenvalue weighted by atomic mass is 79.9. The Morgan fingerprint density at radius 1 is 1.24 bits per heavy atom. The maximum Gasteiger partial charge on any atom is 0.318 e. The van der Waals surface area contributed by atoms with Crippen LogP contribution in [0.4, 0.5) is 0 Å². The number of carboxylic acid groups (broad SMARTS) is 1. The fourth-order valence-electron chi connectivity index (χ4n) is 1.11. The minimum atomic E-state index is -3.75. The SMILES string of the molecule is O=C(O)C(Br)C(Br)c1ccc(S(=O)(=O)Cl)cc1. The van der Waals surface area contributed by atoms with Gasteiger partial charge in [0.2, 0.25) is 0 Å². The highest BCUT2D eigenvalue weighted by molar-refractivity contribution is 9.12. The molecule has 94 valence electrons. The van der Waals surface area contributed by atoms with Crippen LogP contribution in [0.1, 0.15) is 10.4 Å². The molecule has 2 atom stereocenters. The van der Waals surface area contributed by atoms with Crippen LogP contribution >= 0.6 is 42.5 Å². The van der Waals surface area contributed by atoms with E-state index in [1.165, 1.54) is 24.3 Å². The second-order valence-electron chi connectivity index (χ2n) is 3.15. The monoisotopic (exact) mass is 404 g/mol. The van der Waals surface area contributed by atoms with E-state index >= 15 is 0 Å². The molecule has 1 rings (SSSR count). The van der Waals surface area contributed by atoms with Crippen molar-refractivity contribution in [2.75, 3.05) is 0 Å². The summed E-state index contributed by atoms with van der Waals surface area (Å²) in [7, 11) is 1.41. The Kier molecular flexibility index (Phi) is 5.00. The van der Waals surface area contributed by atoms with E-state index in [2.05, 4.69) is 31.9 Å². The summed E-state index contributed by atoms with van der Waals surface area (Å²) in [5, 5.41) is 8.80. The Morgan fingerprint density at radius 2 is 1.71 bits per heavy atom. The van der Waals surface area contributed by atoms with Crippen LogP contribution in [0.25, 0.3) is 0 Å². The Bertz CT molecular complexity index is 514. The lowest BCUT2D eigenvalue weighted by atomic mass is 10.1. The number of halogens is 3. The van der Waals surface area contributed by atoms with Gasteiger partial charge in [0, 0.05) is 10.7 Å². The molecular weight excluding hydrogens is 399 g/mol. The third-order valence-electron chi connectivity index (χ3n) is 1.97. The van der Waals surface area contributed by atoms with Crippen molar-refractivity contribution in [3.8, 4) is 0 Å². The van der Waals surface area contributed by atoms with Gasteiger partial charge in [0.1, 0.15) is 4.83 Å². The van der Waals surface area contributed by atoms with Crippen molar-refractivity contribution in [1.82, 2.24) is 0 Å². The number of alkyl halides is 2. The van der Waals surface area contributed by atoms with E-state index in [-0.39, 0.29) is 4.90 Å². The summed E-state index contributed by atoms with van der Waals surface area (Å²) in [4.78, 5) is 9.45. The maximum atomic E-state index is 11.0. The fraction of sp³-hybridized carbons (Fsp3) is 0.222. The fourth-order valence-corrected chi connectivity index (χ4v) is 2.71. The molecule has 0 heterocycles. The Labute approximate surface area is 120 Å². The molecule has 2 unspecified atom stereocenters. The van der Waals surface area contributed by atoms with Crippen molar-refractivity contribution >= 4 is 57.6 Å². The standard InChI is InChI=1S/C9H7Br2ClO4S/c10-7(8(11)9(13)14)5-1-3-6(4-2-5)17(12,15)16/h1-4,7-8H,(H,13,14). The van der Waals surface area contributed by atoms with Crippen LogP contribution in [0.3, 0.4) is 0 Å². The second-order valence-corrected chi connectivity index (χ2v) is 7.69. The van der Waals surface area contributed by atoms with E-state index in [1.54, 1.807) is 0 Å². The number of rotatable bonds is 4. The number of carboxylic acids is 1. The molecule has 0 amide bonds. The average Bonchev–Trinajstić information content (AvgIpc) is 2.26. The summed E-state index contributed by atoms with van der Waals surface area (Å²) in [5.74, 6) is -1.01. The molecule has 4 nitrogen and oxygen atoms in total. The van der Waals surface area contributed by atoms with Crippen LogP contribution in [0.5, 0.6) is 0 Å². The molecule has 0 radical (unpaired) electrons. The van der Waals surface area contributed by atoms with Crippen molar-refractivity contribution in [3.05, 3.63) is 29.8 Å². The molecule has 0 aliphatic carbocycles. The number of hydrogen-bond donors (Lipinski definition) is 1. The lowest BCUT2D eigenvalue weighted by molar-refractivity contribution is -0.136. The first-order chi connectivity index (χ1) is 7.73. The lowest BCUT2D eigenvalue weighted by Crippen LogP contribution is -2.17. The first-order valence-corrected chi connectivity index (χ1v) is 8.43. The van der Waals surface area contributed by atoms with Gasteiger partial charge in [-0.3, -0.25) is 4.79 Å². The van der Waals surface area contributed by atoms with E-state index in [1.807, 2.05) is 0 Å². The summed E-state index contributed by atoms with van der Waals surface area (Å²) < 4.78 is 22.0. The molecule has 0 spiro atoms. The van der Waals surface area contributed by atoms with E-state index < -0.39 is 24.7 Å². The number of hydrogen-bond acceptors (Lipinski definition) is 3. The van der Waals surface area contributed by atoms with Gasteiger partial charge in [0.05, 0.1) is 9.72 Å². The van der Waals surface area contributed by atoms with E-state index in [9.17, 15) is 13.2 Å². The summed E-state index contributed by atoms with van der Waals surface area (Å²) in [6.07, 6.45) is 0. The van der Waals surface area contributed by atoms with E-state index in [4.69, 9.17) is 15.8 Å². The van der Waals surface area contributed by atoms with Crippen LogP contribution in [-0.4, -0.2) is 24.3 Å². The normalized spacial score (nSPS) is 15.2. The smallest absolute Gasteiger partial charge is 0.318 e. The van der Waals surface area contributed by atoms with Gasteiger partial charge < -0.3 is 5.11 Å². The van der Waals surface area contributed by atoms with Crippen molar-refractivity contribution < 1.29 is 18.3 Å². The molecule has 0 aromatic heterocycles. The van der Waals surface area contributed by atoms with Crippen molar-refractivity contribution in [1.29, 1.82) is 0 Å². The van der Waals surface area contributed by atoms with Crippen LogP contribution in [0.2, 0.25) is 0 Å². The summed E-state index contributed by atoms with van der Waals surface area (Å²) in [5.41, 5.74) is 0.637. The first kappa shape index (κ1) is 14.9. The molecule has 0 fully saturated rings. The van der Waals surface area contributed by atoms with Crippen LogP contribution in [0, 0.1) is 0 Å². The van der Waals surface area contributed by atoms with Crippen LogP contribution < -0.4 is 0 Å². The molecule has 0 saturated heterocycles. The highest BCUT2D eigenvalue weighted by Gasteiger charge is 2.24. The summed E-state index contributed by atoms with van der Waals surface area (Å²) in [6, 6.07) is 5.67. The molecule has 8 heteroatoms. The first-order valence-electron chi connectivity index (χ1n) is 4.29. The van der Waals surface area contributed by atoms with Crippen LogP contribution in [0.15, 0.2) is 29.2 Å². The maximum absolute atomic E-state index is 11.0. The second kappa shape index (κ2) is 5.69. The molecule has 1 aromatic rings. The van der Waals surface area contributed by atoms with E-state index in [0.29, 0.717) is 5.56 Å². The zero-order valence-corrected chi connectivity index (χ0v) is 12.9. The molecule has 0 saturated carbocycles. The minimum Gasteiger partial charge on any atom is -0.480 e. The minimum absolute atomic E-state index is 0.0240. The predicted molar refractivity (Wildman–Crippen MR) is 71.5 cm³/mol. The Balaban J connectivity index is 2.99. The Morgan fingerprint density at radius 3 is 2.06 bits per heavy atom. The van der Waals surface area contributed by atoms with Gasteiger partial charge in [-0.05, 0) is 17.7 Å². The molecular formula is C9H7Br2ClO4S. The number of carbonyl (C=O) groups is 1. The molecule has 1 N–H and O–H groups in total. The molecule has 0 bridgehead atoms. The highest BCUT2D eigenvalue weighted by Crippen LogP contribution is 2.32. The lowest BCUT2D eigenvalue weighted by Gasteiger charge is -2.13. The third kappa shape index (κ3) is 3.94. The zero-order chi connectivity index (χ0) is 13.2. The zero-order valence-electron chi connectivity index (χ0n) is 8.18. The average molecular weight is 406 g/mol. The number of benzene rings is 1. The van der Waals surface area contributed by atoms with E-state index in [0.717, 1.165) is 0 Å². The van der Waals surface area contributed by atoms with Crippen LogP contribution in [-0.2, 0) is 13.8 Å². The largest absolute Gasteiger partial charge is 0.480 e. The topological polar surface area (TPSA) is 71.4 Å². The molecule has 1 aromatic carbocycles.